The van der Waals surface area contributed by atoms with Crippen molar-refractivity contribution in [3.05, 3.63) is 23.3 Å². The van der Waals surface area contributed by atoms with Crippen molar-refractivity contribution in [2.45, 2.75) is 6.92 Å². The predicted molar refractivity (Wildman–Crippen MR) is 92.2 cm³/mol. The van der Waals surface area contributed by atoms with Crippen molar-refractivity contribution in [3.63, 3.8) is 0 Å². The molecule has 1 N–H and O–H groups in total. The van der Waals surface area contributed by atoms with Crippen LogP contribution in [0.2, 0.25) is 0 Å². The third-order valence-corrected chi connectivity index (χ3v) is 3.82. The van der Waals surface area contributed by atoms with Gasteiger partial charge in [-0.3, -0.25) is 19.8 Å². The third-order valence-electron chi connectivity index (χ3n) is 3.50. The smallest absolute Gasteiger partial charge is 0.265 e. The van der Waals surface area contributed by atoms with Gasteiger partial charge in [-0.15, -0.1) is 0 Å². The molecule has 7 nitrogen and oxygen atoms in total. The van der Waals surface area contributed by atoms with E-state index in [-0.39, 0.29) is 10.7 Å². The van der Waals surface area contributed by atoms with Crippen LogP contribution in [-0.4, -0.2) is 49.7 Å². The monoisotopic (exact) mass is 350 g/mol. The van der Waals surface area contributed by atoms with Crippen LogP contribution in [0, 0.1) is 0 Å². The van der Waals surface area contributed by atoms with E-state index in [0.717, 1.165) is 0 Å². The van der Waals surface area contributed by atoms with E-state index >= 15 is 0 Å². The second kappa shape index (κ2) is 7.31. The molecule has 8 heteroatoms. The van der Waals surface area contributed by atoms with Gasteiger partial charge in [-0.1, -0.05) is 0 Å². The minimum atomic E-state index is -0.538. The lowest BCUT2D eigenvalue weighted by Gasteiger charge is -2.27. The standard InChI is InChI=1S/C16H18N2O5S/c1-5-18-15(20)10(14(19)17-16(18)24)6-9-7-11(21-2)13(23-4)12(8-9)22-3/h6-8H,5H2,1-4H3,(H,17,19,24). The number of nitrogens with one attached hydrogen (secondary N) is 1. The summed E-state index contributed by atoms with van der Waals surface area (Å²) >= 11 is 5.00. The van der Waals surface area contributed by atoms with Crippen LogP contribution >= 0.6 is 12.2 Å². The Balaban J connectivity index is 2.51. The summed E-state index contributed by atoms with van der Waals surface area (Å²) in [6, 6.07) is 3.30. The summed E-state index contributed by atoms with van der Waals surface area (Å²) in [5, 5.41) is 2.61. The molecule has 24 heavy (non-hydrogen) atoms. The van der Waals surface area contributed by atoms with Gasteiger partial charge in [-0.05, 0) is 42.9 Å². The highest BCUT2D eigenvalue weighted by atomic mass is 32.1. The van der Waals surface area contributed by atoms with Crippen molar-refractivity contribution in [2.24, 2.45) is 0 Å². The number of methoxy groups -OCH3 is 3. The Hall–Kier alpha value is -2.61. The number of ether oxygens (including phenoxy) is 3. The lowest BCUT2D eigenvalue weighted by Crippen LogP contribution is -2.53. The fraction of sp³-hybridized carbons (Fsp3) is 0.312. The van der Waals surface area contributed by atoms with Crippen LogP contribution in [0.15, 0.2) is 17.7 Å². The first-order valence-corrected chi connectivity index (χ1v) is 7.56. The molecule has 1 aliphatic heterocycles. The van der Waals surface area contributed by atoms with Crippen molar-refractivity contribution >= 4 is 35.2 Å². The Morgan fingerprint density at radius 1 is 1.12 bits per heavy atom. The van der Waals surface area contributed by atoms with Gasteiger partial charge in [0.1, 0.15) is 5.57 Å². The van der Waals surface area contributed by atoms with Crippen LogP contribution in [0.25, 0.3) is 6.08 Å². The molecule has 0 radical (unpaired) electrons. The number of nitrogens with zero attached hydrogens (tertiary/aromatic N) is 1. The van der Waals surface area contributed by atoms with Crippen molar-refractivity contribution < 1.29 is 23.8 Å². The maximum atomic E-state index is 12.4. The average molecular weight is 350 g/mol. The van der Waals surface area contributed by atoms with Gasteiger partial charge in [-0.2, -0.15) is 0 Å². The molecule has 0 spiro atoms. The molecular formula is C16H18N2O5S. The van der Waals surface area contributed by atoms with Crippen LogP contribution < -0.4 is 19.5 Å². The third kappa shape index (κ3) is 3.18. The highest BCUT2D eigenvalue weighted by Crippen LogP contribution is 2.38. The summed E-state index contributed by atoms with van der Waals surface area (Å²) < 4.78 is 15.8. The SMILES string of the molecule is CCN1C(=O)C(=Cc2cc(OC)c(OC)c(OC)c2)C(=O)NC1=S. The zero-order chi connectivity index (χ0) is 17.9. The maximum Gasteiger partial charge on any atom is 0.265 e. The van der Waals surface area contributed by atoms with Crippen LogP contribution in [0.5, 0.6) is 17.2 Å². The molecule has 1 aromatic carbocycles. The summed E-state index contributed by atoms with van der Waals surface area (Å²) in [6.45, 7) is 2.14. The number of carbonyl (C=O) groups is 2. The number of hydrogen-bond acceptors (Lipinski definition) is 6. The molecule has 0 aliphatic carbocycles. The zero-order valence-corrected chi connectivity index (χ0v) is 14.7. The molecular weight excluding hydrogens is 332 g/mol. The number of rotatable bonds is 5. The van der Waals surface area contributed by atoms with Gasteiger partial charge < -0.3 is 14.2 Å². The van der Waals surface area contributed by atoms with Crippen LogP contribution in [0.4, 0.5) is 0 Å². The summed E-state index contributed by atoms with van der Waals surface area (Å²) in [6.07, 6.45) is 1.46. The topological polar surface area (TPSA) is 77.1 Å². The van der Waals surface area contributed by atoms with Gasteiger partial charge in [0, 0.05) is 6.54 Å². The lowest BCUT2D eigenvalue weighted by atomic mass is 10.1. The Morgan fingerprint density at radius 2 is 1.71 bits per heavy atom. The van der Waals surface area contributed by atoms with Gasteiger partial charge in [-0.25, -0.2) is 0 Å². The van der Waals surface area contributed by atoms with E-state index in [4.69, 9.17) is 26.4 Å². The first-order chi connectivity index (χ1) is 11.5. The molecule has 1 saturated heterocycles. The van der Waals surface area contributed by atoms with E-state index in [1.54, 1.807) is 19.1 Å². The number of carbonyl (C=O) groups excluding carboxylic acids is 2. The summed E-state index contributed by atoms with van der Waals surface area (Å²) in [5.74, 6) is 0.298. The van der Waals surface area contributed by atoms with Gasteiger partial charge in [0.2, 0.25) is 5.75 Å². The summed E-state index contributed by atoms with van der Waals surface area (Å²) in [7, 11) is 4.48. The van der Waals surface area contributed by atoms with Crippen LogP contribution in [0.3, 0.4) is 0 Å². The van der Waals surface area contributed by atoms with Crippen molar-refractivity contribution in [1.29, 1.82) is 0 Å². The molecule has 0 unspecified atom stereocenters. The zero-order valence-electron chi connectivity index (χ0n) is 13.8. The van der Waals surface area contributed by atoms with Crippen LogP contribution in [0.1, 0.15) is 12.5 Å². The molecule has 2 rings (SSSR count). The van der Waals surface area contributed by atoms with E-state index in [9.17, 15) is 9.59 Å². The largest absolute Gasteiger partial charge is 0.493 e. The molecule has 1 fully saturated rings. The van der Waals surface area contributed by atoms with Gasteiger partial charge >= 0.3 is 0 Å². The van der Waals surface area contributed by atoms with Crippen molar-refractivity contribution in [1.82, 2.24) is 10.2 Å². The summed E-state index contributed by atoms with van der Waals surface area (Å²) in [4.78, 5) is 25.9. The first kappa shape index (κ1) is 17.7. The molecule has 1 aromatic rings. The Morgan fingerprint density at radius 3 is 2.17 bits per heavy atom. The number of amides is 2. The quantitative estimate of drug-likeness (QED) is 0.491. The Labute approximate surface area is 145 Å². The van der Waals surface area contributed by atoms with Gasteiger partial charge in [0.15, 0.2) is 16.6 Å². The van der Waals surface area contributed by atoms with Gasteiger partial charge in [0.25, 0.3) is 11.8 Å². The number of hydrogen-bond donors (Lipinski definition) is 1. The lowest BCUT2D eigenvalue weighted by molar-refractivity contribution is -0.128. The second-order valence-electron chi connectivity index (χ2n) is 4.83. The fourth-order valence-electron chi connectivity index (χ4n) is 2.33. The molecule has 1 heterocycles. The molecule has 0 bridgehead atoms. The second-order valence-corrected chi connectivity index (χ2v) is 5.21. The molecule has 0 aromatic heterocycles. The predicted octanol–water partition coefficient (Wildman–Crippen LogP) is 1.36. The molecule has 0 atom stereocenters. The molecule has 1 aliphatic rings. The maximum absolute atomic E-state index is 12.4. The molecule has 0 saturated carbocycles. The van der Waals surface area contributed by atoms with E-state index < -0.39 is 11.8 Å². The average Bonchev–Trinajstić information content (AvgIpc) is 2.57. The highest BCUT2D eigenvalue weighted by molar-refractivity contribution is 7.80. The normalized spacial score (nSPS) is 16.2. The minimum Gasteiger partial charge on any atom is -0.493 e. The van der Waals surface area contributed by atoms with E-state index in [1.165, 1.54) is 32.3 Å². The highest BCUT2D eigenvalue weighted by Gasteiger charge is 2.32. The number of benzene rings is 1. The van der Waals surface area contributed by atoms with Crippen molar-refractivity contribution in [3.8, 4) is 17.2 Å². The Bertz CT molecular complexity index is 704. The molecule has 2 amide bonds. The fourth-order valence-corrected chi connectivity index (χ4v) is 2.64. The van der Waals surface area contributed by atoms with Crippen LogP contribution in [-0.2, 0) is 9.59 Å². The molecule has 128 valence electrons. The van der Waals surface area contributed by atoms with E-state index in [1.807, 2.05) is 0 Å². The van der Waals surface area contributed by atoms with E-state index in [2.05, 4.69) is 5.32 Å². The Kier molecular flexibility index (Phi) is 5.40. The number of thiocarbonyl (C=S) groups is 1. The van der Waals surface area contributed by atoms with Crippen molar-refractivity contribution in [2.75, 3.05) is 27.9 Å². The van der Waals surface area contributed by atoms with Gasteiger partial charge in [0.05, 0.1) is 21.3 Å². The number of likely N-dealkylation sites (N-methyl/N-ethyl adjacent to an activating group) is 1. The summed E-state index contributed by atoms with van der Waals surface area (Å²) in [5.41, 5.74) is 0.548. The first-order valence-electron chi connectivity index (χ1n) is 7.15. The van der Waals surface area contributed by atoms with E-state index in [0.29, 0.717) is 29.4 Å². The minimum absolute atomic E-state index is 0.0141.